The van der Waals surface area contributed by atoms with Crippen molar-refractivity contribution in [3.8, 4) is 0 Å². The Morgan fingerprint density at radius 1 is 1.79 bits per heavy atom. The highest BCUT2D eigenvalue weighted by molar-refractivity contribution is 6.01. The Morgan fingerprint density at radius 2 is 2.50 bits per heavy atom. The van der Waals surface area contributed by atoms with E-state index in [4.69, 9.17) is 10.5 Å². The van der Waals surface area contributed by atoms with Crippen LogP contribution >= 0.6 is 0 Å². The second-order valence-corrected chi connectivity index (χ2v) is 3.24. The van der Waals surface area contributed by atoms with Crippen molar-refractivity contribution in [3.63, 3.8) is 0 Å². The van der Waals surface area contributed by atoms with Crippen molar-refractivity contribution in [1.82, 2.24) is 10.2 Å². The molecule has 1 heterocycles. The lowest BCUT2D eigenvalue weighted by atomic mass is 9.98. The number of nitrogens with zero attached hydrogens (tertiary/aromatic N) is 1. The lowest BCUT2D eigenvalue weighted by Gasteiger charge is -2.08. The molecule has 0 aliphatic heterocycles. The predicted molar refractivity (Wildman–Crippen MR) is 53.0 cm³/mol. The number of methoxy groups -OCH3 is 1. The van der Waals surface area contributed by atoms with Crippen LogP contribution in [0.4, 0.5) is 5.82 Å². The fourth-order valence-corrected chi connectivity index (χ4v) is 1.18. The fourth-order valence-electron chi connectivity index (χ4n) is 1.18. The van der Waals surface area contributed by atoms with Crippen molar-refractivity contribution in [1.29, 1.82) is 0 Å². The van der Waals surface area contributed by atoms with Crippen LogP contribution in [0.2, 0.25) is 0 Å². The monoisotopic (exact) mass is 197 g/mol. The van der Waals surface area contributed by atoms with Crippen molar-refractivity contribution < 1.29 is 9.53 Å². The lowest BCUT2D eigenvalue weighted by Crippen LogP contribution is -2.14. The number of rotatable bonds is 5. The second kappa shape index (κ2) is 4.76. The number of hydrogen-bond acceptors (Lipinski definition) is 4. The van der Waals surface area contributed by atoms with Crippen LogP contribution in [0.5, 0.6) is 0 Å². The van der Waals surface area contributed by atoms with Crippen LogP contribution < -0.4 is 5.73 Å². The maximum atomic E-state index is 11.7. The quantitative estimate of drug-likeness (QED) is 0.685. The first kappa shape index (κ1) is 10.7. The molecule has 1 aromatic rings. The van der Waals surface area contributed by atoms with E-state index in [1.165, 1.54) is 6.20 Å². The van der Waals surface area contributed by atoms with Gasteiger partial charge in [-0.2, -0.15) is 5.10 Å². The highest BCUT2D eigenvalue weighted by atomic mass is 16.5. The third-order valence-electron chi connectivity index (χ3n) is 2.14. The van der Waals surface area contributed by atoms with E-state index in [9.17, 15) is 4.79 Å². The maximum absolute atomic E-state index is 11.7. The molecule has 0 aromatic carbocycles. The van der Waals surface area contributed by atoms with Gasteiger partial charge in [-0.05, 0) is 6.42 Å². The van der Waals surface area contributed by atoms with Crippen LogP contribution in [0.1, 0.15) is 23.7 Å². The van der Waals surface area contributed by atoms with Crippen LogP contribution in [-0.4, -0.2) is 29.7 Å². The van der Waals surface area contributed by atoms with Crippen LogP contribution in [0, 0.1) is 5.92 Å². The zero-order valence-corrected chi connectivity index (χ0v) is 8.41. The summed E-state index contributed by atoms with van der Waals surface area (Å²) < 4.78 is 4.90. The minimum atomic E-state index is -0.0881. The van der Waals surface area contributed by atoms with Gasteiger partial charge in [0, 0.05) is 19.6 Å². The Labute approximate surface area is 82.6 Å². The molecule has 1 rings (SSSR count). The highest BCUT2D eigenvalue weighted by Crippen LogP contribution is 2.15. The molecule has 5 heteroatoms. The molecule has 1 unspecified atom stereocenters. The first-order valence-electron chi connectivity index (χ1n) is 4.48. The van der Waals surface area contributed by atoms with E-state index in [2.05, 4.69) is 10.2 Å². The van der Waals surface area contributed by atoms with Gasteiger partial charge in [0.05, 0.1) is 11.8 Å². The maximum Gasteiger partial charge on any atom is 0.171 e. The number of carbonyl (C=O) groups is 1. The van der Waals surface area contributed by atoms with Crippen LogP contribution in [0.25, 0.3) is 0 Å². The first-order chi connectivity index (χ1) is 6.66. The van der Waals surface area contributed by atoms with Gasteiger partial charge >= 0.3 is 0 Å². The van der Waals surface area contributed by atoms with Gasteiger partial charge in [-0.25, -0.2) is 0 Å². The molecule has 5 nitrogen and oxygen atoms in total. The Hall–Kier alpha value is -1.36. The molecule has 78 valence electrons. The van der Waals surface area contributed by atoms with Gasteiger partial charge in [0.1, 0.15) is 5.82 Å². The number of aromatic nitrogens is 2. The number of nitrogens with one attached hydrogen (secondary N) is 1. The van der Waals surface area contributed by atoms with Gasteiger partial charge in [-0.15, -0.1) is 0 Å². The summed E-state index contributed by atoms with van der Waals surface area (Å²) in [6.07, 6.45) is 2.15. The number of carbonyl (C=O) groups excluding carboxylic acids is 1. The zero-order valence-electron chi connectivity index (χ0n) is 8.41. The molecule has 0 saturated carbocycles. The van der Waals surface area contributed by atoms with Crippen LogP contribution in [0.3, 0.4) is 0 Å². The van der Waals surface area contributed by atoms with Gasteiger partial charge in [0.2, 0.25) is 0 Å². The highest BCUT2D eigenvalue weighted by Gasteiger charge is 2.18. The number of hydrogen-bond donors (Lipinski definition) is 2. The number of ether oxygens (including phenoxy) is 1. The molecule has 3 N–H and O–H groups in total. The van der Waals surface area contributed by atoms with Crippen molar-refractivity contribution in [2.45, 2.75) is 13.3 Å². The summed E-state index contributed by atoms with van der Waals surface area (Å²) in [5, 5.41) is 6.24. The van der Waals surface area contributed by atoms with Gasteiger partial charge < -0.3 is 10.5 Å². The summed E-state index contributed by atoms with van der Waals surface area (Å²) in [6.45, 7) is 2.43. The SMILES string of the molecule is COCCC(C)C(=O)c1cn[nH]c1N. The molecule has 0 fully saturated rings. The predicted octanol–water partition coefficient (Wildman–Crippen LogP) is 0.847. The van der Waals surface area contributed by atoms with Crippen molar-refractivity contribution in [2.24, 2.45) is 5.92 Å². The van der Waals surface area contributed by atoms with Crippen LogP contribution in [0.15, 0.2) is 6.20 Å². The van der Waals surface area contributed by atoms with E-state index in [1.54, 1.807) is 7.11 Å². The van der Waals surface area contributed by atoms with Gasteiger partial charge in [0.15, 0.2) is 5.78 Å². The summed E-state index contributed by atoms with van der Waals surface area (Å²) in [6, 6.07) is 0. The number of H-pyrrole nitrogens is 1. The minimum absolute atomic E-state index is 0.00769. The number of Topliss-reactive ketones (excluding diaryl/α,β-unsaturated/α-hetero) is 1. The van der Waals surface area contributed by atoms with Crippen molar-refractivity contribution >= 4 is 11.6 Å². The average molecular weight is 197 g/mol. The Bertz CT molecular complexity index is 309. The molecule has 0 bridgehead atoms. The third kappa shape index (κ3) is 2.32. The lowest BCUT2D eigenvalue weighted by molar-refractivity contribution is 0.0894. The van der Waals surface area contributed by atoms with E-state index in [-0.39, 0.29) is 11.7 Å². The largest absolute Gasteiger partial charge is 0.385 e. The molecule has 14 heavy (non-hydrogen) atoms. The number of nitrogens with two attached hydrogens (primary N) is 1. The molecule has 0 spiro atoms. The number of nitrogen functional groups attached to an aromatic ring is 1. The summed E-state index contributed by atoms with van der Waals surface area (Å²) in [5.41, 5.74) is 6.00. The van der Waals surface area contributed by atoms with E-state index in [0.717, 1.165) is 0 Å². The molecular weight excluding hydrogens is 182 g/mol. The summed E-state index contributed by atoms with van der Waals surface area (Å²) in [5.74, 6) is 0.252. The number of ketones is 1. The molecule has 1 aromatic heterocycles. The molecule has 0 aliphatic rings. The number of anilines is 1. The molecular formula is C9H15N3O2. The first-order valence-corrected chi connectivity index (χ1v) is 4.48. The Kier molecular flexibility index (Phi) is 3.64. The number of aromatic amines is 1. The smallest absolute Gasteiger partial charge is 0.171 e. The summed E-state index contributed by atoms with van der Waals surface area (Å²) >= 11 is 0. The fraction of sp³-hybridized carbons (Fsp3) is 0.556. The topological polar surface area (TPSA) is 81.0 Å². The molecule has 1 atom stereocenters. The van der Waals surface area contributed by atoms with E-state index >= 15 is 0 Å². The molecule has 0 amide bonds. The standard InChI is InChI=1S/C9H15N3O2/c1-6(3-4-14-2)8(13)7-5-11-12-9(7)10/h5-6H,3-4H2,1-2H3,(H3,10,11,12). The van der Waals surface area contributed by atoms with Gasteiger partial charge in [-0.3, -0.25) is 9.89 Å². The third-order valence-corrected chi connectivity index (χ3v) is 2.14. The van der Waals surface area contributed by atoms with Gasteiger partial charge in [-0.1, -0.05) is 6.92 Å². The van der Waals surface area contributed by atoms with E-state index in [1.807, 2.05) is 6.92 Å². The van der Waals surface area contributed by atoms with Crippen molar-refractivity contribution in [2.75, 3.05) is 19.5 Å². The Balaban J connectivity index is 2.61. The summed E-state index contributed by atoms with van der Waals surface area (Å²) in [4.78, 5) is 11.7. The Morgan fingerprint density at radius 3 is 3.00 bits per heavy atom. The van der Waals surface area contributed by atoms with E-state index < -0.39 is 0 Å². The van der Waals surface area contributed by atoms with Gasteiger partial charge in [0.25, 0.3) is 0 Å². The van der Waals surface area contributed by atoms with Crippen molar-refractivity contribution in [3.05, 3.63) is 11.8 Å². The van der Waals surface area contributed by atoms with Crippen LogP contribution in [-0.2, 0) is 4.74 Å². The van der Waals surface area contributed by atoms with E-state index in [0.29, 0.717) is 24.4 Å². The molecule has 0 radical (unpaired) electrons. The summed E-state index contributed by atoms with van der Waals surface area (Å²) in [7, 11) is 1.61. The molecule has 0 saturated heterocycles. The normalized spacial score (nSPS) is 12.7. The second-order valence-electron chi connectivity index (χ2n) is 3.24. The average Bonchev–Trinajstić information content (AvgIpc) is 2.59. The molecule has 0 aliphatic carbocycles. The minimum Gasteiger partial charge on any atom is -0.385 e. The zero-order chi connectivity index (χ0) is 10.6.